The molecule has 0 atom stereocenters. The molecule has 0 spiro atoms. The number of hydrogen-bond donors (Lipinski definition) is 2. The maximum atomic E-state index is 10.4. The van der Waals surface area contributed by atoms with E-state index < -0.39 is 11.9 Å². The van der Waals surface area contributed by atoms with E-state index in [-0.39, 0.29) is 37.3 Å². The first-order valence-electron chi connectivity index (χ1n) is 3.18. The van der Waals surface area contributed by atoms with E-state index in [2.05, 4.69) is 0 Å². The normalized spacial score (nSPS) is 8.62. The van der Waals surface area contributed by atoms with Gasteiger partial charge >= 0.3 is 11.9 Å². The molecule has 0 saturated carbocycles. The van der Waals surface area contributed by atoms with Gasteiger partial charge in [-0.3, -0.25) is 0 Å². The molecule has 2 N–H and O–H groups in total. The largest absolute Gasteiger partial charge is 0.478 e. The average Bonchev–Trinajstić information content (AvgIpc) is 2.04. The molecule has 1 rings (SSSR count). The van der Waals surface area contributed by atoms with Crippen molar-refractivity contribution in [2.45, 2.75) is 0 Å². The van der Waals surface area contributed by atoms with Crippen LogP contribution in [0, 0.1) is 0 Å². The number of benzene rings is 1. The molecule has 1 aromatic carbocycles. The van der Waals surface area contributed by atoms with E-state index in [1.165, 1.54) is 18.2 Å². The summed E-state index contributed by atoms with van der Waals surface area (Å²) in [7, 11) is 0. The Balaban J connectivity index is 0.00000144. The maximum absolute atomic E-state index is 10.4. The van der Waals surface area contributed by atoms with Crippen LogP contribution in [0.3, 0.4) is 0 Å². The summed E-state index contributed by atoms with van der Waals surface area (Å²) < 4.78 is 0. The molecule has 13 heavy (non-hydrogen) atoms. The first-order valence-corrected chi connectivity index (χ1v) is 3.18. The summed E-state index contributed by atoms with van der Waals surface area (Å²) in [6.07, 6.45) is 0. The van der Waals surface area contributed by atoms with Crippen molar-refractivity contribution in [3.05, 3.63) is 35.4 Å². The van der Waals surface area contributed by atoms with E-state index in [0.717, 1.165) is 6.07 Å². The second-order valence-corrected chi connectivity index (χ2v) is 2.19. The summed E-state index contributed by atoms with van der Waals surface area (Å²) in [6.45, 7) is 0. The summed E-state index contributed by atoms with van der Waals surface area (Å²) >= 11 is 0. The van der Waals surface area contributed by atoms with Crippen LogP contribution in [0.2, 0.25) is 0 Å². The Labute approximate surface area is 93.3 Å². The molecule has 0 saturated heterocycles. The van der Waals surface area contributed by atoms with Crippen molar-refractivity contribution in [3.8, 4) is 0 Å². The molecule has 0 amide bonds. The van der Waals surface area contributed by atoms with E-state index in [1.54, 1.807) is 0 Å². The van der Waals surface area contributed by atoms with Crippen molar-refractivity contribution < 1.29 is 46.0 Å². The van der Waals surface area contributed by atoms with Gasteiger partial charge in [-0.2, -0.15) is 0 Å². The minimum Gasteiger partial charge on any atom is -0.478 e. The van der Waals surface area contributed by atoms with Gasteiger partial charge in [0.2, 0.25) is 0 Å². The standard InChI is InChI=1S/C8H6O4.Zr/c9-7(10)5-2-1-3-6(4-5)8(11)12;/h1-4H,(H,9,10)(H,11,12);. The van der Waals surface area contributed by atoms with Gasteiger partial charge in [0.25, 0.3) is 0 Å². The summed E-state index contributed by atoms with van der Waals surface area (Å²) in [5.41, 5.74) is -0.0372. The molecular formula is C8H6O4Zr. The quantitative estimate of drug-likeness (QED) is 0.831. The zero-order valence-electron chi connectivity index (χ0n) is 6.52. The second-order valence-electron chi connectivity index (χ2n) is 2.19. The van der Waals surface area contributed by atoms with Crippen LogP contribution in [0.1, 0.15) is 20.7 Å². The third-order valence-corrected chi connectivity index (χ3v) is 1.36. The molecule has 0 aromatic heterocycles. The van der Waals surface area contributed by atoms with Crippen molar-refractivity contribution in [2.24, 2.45) is 0 Å². The van der Waals surface area contributed by atoms with Crippen LogP contribution in [0.25, 0.3) is 0 Å². The van der Waals surface area contributed by atoms with E-state index in [4.69, 9.17) is 10.2 Å². The predicted octanol–water partition coefficient (Wildman–Crippen LogP) is 1.08. The fourth-order valence-corrected chi connectivity index (χ4v) is 0.785. The number of rotatable bonds is 2. The Hall–Kier alpha value is -0.957. The van der Waals surface area contributed by atoms with Crippen LogP contribution in [0.15, 0.2) is 24.3 Å². The van der Waals surface area contributed by atoms with Gasteiger partial charge in [0.1, 0.15) is 0 Å². The second kappa shape index (κ2) is 4.92. The van der Waals surface area contributed by atoms with Gasteiger partial charge in [-0.25, -0.2) is 9.59 Å². The molecule has 4 nitrogen and oxygen atoms in total. The first-order chi connectivity index (χ1) is 5.61. The topological polar surface area (TPSA) is 74.6 Å². The van der Waals surface area contributed by atoms with Gasteiger partial charge in [0.15, 0.2) is 0 Å². The van der Waals surface area contributed by atoms with Gasteiger partial charge in [-0.05, 0) is 18.2 Å². The number of carboxylic acid groups (broad SMARTS) is 2. The summed E-state index contributed by atoms with van der Waals surface area (Å²) in [6, 6.07) is 5.20. The molecule has 0 aliphatic rings. The van der Waals surface area contributed by atoms with Crippen LogP contribution < -0.4 is 0 Å². The van der Waals surface area contributed by atoms with Crippen molar-refractivity contribution in [1.29, 1.82) is 0 Å². The Morgan fingerprint density at radius 3 is 1.69 bits per heavy atom. The molecule has 0 radical (unpaired) electrons. The van der Waals surface area contributed by atoms with Crippen LogP contribution >= 0.6 is 0 Å². The van der Waals surface area contributed by atoms with Gasteiger partial charge in [-0.15, -0.1) is 0 Å². The molecule has 0 aliphatic carbocycles. The van der Waals surface area contributed by atoms with Crippen LogP contribution in [0.4, 0.5) is 0 Å². The van der Waals surface area contributed by atoms with Crippen molar-refractivity contribution in [2.75, 3.05) is 0 Å². The van der Waals surface area contributed by atoms with E-state index >= 15 is 0 Å². The van der Waals surface area contributed by atoms with Crippen LogP contribution in [-0.2, 0) is 26.2 Å². The van der Waals surface area contributed by atoms with E-state index in [0.29, 0.717) is 0 Å². The zero-order chi connectivity index (χ0) is 9.14. The molecule has 66 valence electrons. The van der Waals surface area contributed by atoms with Gasteiger partial charge in [0.05, 0.1) is 11.1 Å². The minimum atomic E-state index is -1.13. The Morgan fingerprint density at radius 1 is 1.00 bits per heavy atom. The van der Waals surface area contributed by atoms with Crippen molar-refractivity contribution in [1.82, 2.24) is 0 Å². The van der Waals surface area contributed by atoms with Gasteiger partial charge in [-0.1, -0.05) is 6.07 Å². The SMILES string of the molecule is O=C(O)c1cccc(C(=O)O)c1.[Zr]. The van der Waals surface area contributed by atoms with Gasteiger partial charge in [0, 0.05) is 26.2 Å². The molecule has 5 heteroatoms. The minimum absolute atomic E-state index is 0. The third-order valence-electron chi connectivity index (χ3n) is 1.36. The fourth-order valence-electron chi connectivity index (χ4n) is 0.785. The first kappa shape index (κ1) is 12.0. The van der Waals surface area contributed by atoms with Crippen molar-refractivity contribution in [3.63, 3.8) is 0 Å². The maximum Gasteiger partial charge on any atom is 0.335 e. The number of carbonyl (C=O) groups is 2. The molecular weight excluding hydrogens is 251 g/mol. The Bertz CT molecular complexity index is 305. The average molecular weight is 257 g/mol. The Kier molecular flexibility index (Phi) is 4.56. The van der Waals surface area contributed by atoms with Crippen molar-refractivity contribution >= 4 is 11.9 Å². The van der Waals surface area contributed by atoms with Crippen LogP contribution in [0.5, 0.6) is 0 Å². The zero-order valence-corrected chi connectivity index (χ0v) is 8.98. The predicted molar refractivity (Wildman–Crippen MR) is 40.4 cm³/mol. The van der Waals surface area contributed by atoms with E-state index in [1.807, 2.05) is 0 Å². The number of carboxylic acids is 2. The smallest absolute Gasteiger partial charge is 0.335 e. The molecule has 1 aromatic rings. The summed E-state index contributed by atoms with van der Waals surface area (Å²) in [4.78, 5) is 20.8. The monoisotopic (exact) mass is 256 g/mol. The van der Waals surface area contributed by atoms with Crippen LogP contribution in [-0.4, -0.2) is 22.2 Å². The van der Waals surface area contributed by atoms with Gasteiger partial charge < -0.3 is 10.2 Å². The molecule has 0 heterocycles. The molecule has 0 bridgehead atoms. The number of aromatic carboxylic acids is 2. The summed E-state index contributed by atoms with van der Waals surface area (Å²) in [5.74, 6) is -2.25. The molecule has 0 aliphatic heterocycles. The Morgan fingerprint density at radius 2 is 1.38 bits per heavy atom. The van der Waals surface area contributed by atoms with E-state index in [9.17, 15) is 9.59 Å². The molecule has 0 fully saturated rings. The third kappa shape index (κ3) is 3.11. The number of hydrogen-bond acceptors (Lipinski definition) is 2. The molecule has 0 unspecified atom stereocenters. The fraction of sp³-hybridized carbons (Fsp3) is 0. The summed E-state index contributed by atoms with van der Waals surface area (Å²) in [5, 5.41) is 17.0.